The van der Waals surface area contributed by atoms with Gasteiger partial charge < -0.3 is 13.9 Å². The van der Waals surface area contributed by atoms with E-state index in [0.29, 0.717) is 0 Å². The molecule has 3 nitrogen and oxygen atoms in total. The Morgan fingerprint density at radius 1 is 0.536 bits per heavy atom. The van der Waals surface area contributed by atoms with Crippen molar-refractivity contribution >= 4 is 65.9 Å². The number of hydrogen-bond acceptors (Lipinski definition) is 2. The van der Waals surface area contributed by atoms with Crippen molar-refractivity contribution in [3.8, 4) is 16.8 Å². The normalized spacial score (nSPS) is 15.6. The zero-order valence-corrected chi connectivity index (χ0v) is 31.1. The highest BCUT2D eigenvalue weighted by Gasteiger charge is 2.29. The van der Waals surface area contributed by atoms with Crippen LogP contribution in [0, 0.1) is 0 Å². The summed E-state index contributed by atoms with van der Waals surface area (Å²) in [6.45, 7) is 2.34. The predicted molar refractivity (Wildman–Crippen MR) is 235 cm³/mol. The number of rotatable bonds is 6. The lowest BCUT2D eigenvalue weighted by Gasteiger charge is -2.35. The van der Waals surface area contributed by atoms with Crippen LogP contribution in [-0.4, -0.2) is 4.57 Å². The van der Waals surface area contributed by atoms with Gasteiger partial charge in [-0.2, -0.15) is 0 Å². The van der Waals surface area contributed by atoms with Gasteiger partial charge in [-0.25, -0.2) is 0 Å². The van der Waals surface area contributed by atoms with Crippen LogP contribution in [0.5, 0.6) is 0 Å². The van der Waals surface area contributed by atoms with Gasteiger partial charge in [-0.15, -0.1) is 0 Å². The Morgan fingerprint density at radius 2 is 1.20 bits per heavy atom. The number of hydrogen-bond donors (Lipinski definition) is 0. The van der Waals surface area contributed by atoms with Gasteiger partial charge in [0.05, 0.1) is 22.4 Å². The molecule has 3 heteroatoms. The predicted octanol–water partition coefficient (Wildman–Crippen LogP) is 14.4. The molecule has 2 heterocycles. The number of anilines is 2. The molecule has 2 aromatic heterocycles. The molecular formula is C53H38N2O. The van der Waals surface area contributed by atoms with Crippen LogP contribution in [0.15, 0.2) is 210 Å². The molecule has 11 rings (SSSR count). The van der Waals surface area contributed by atoms with Gasteiger partial charge in [-0.1, -0.05) is 159 Å². The molecule has 1 unspecified atom stereocenters. The summed E-state index contributed by atoms with van der Waals surface area (Å²) in [5, 5.41) is 7.14. The first-order valence-electron chi connectivity index (χ1n) is 19.4. The minimum atomic E-state index is -0.108. The second-order valence-electron chi connectivity index (χ2n) is 15.1. The summed E-state index contributed by atoms with van der Waals surface area (Å²) in [6.07, 6.45) is 8.04. The van der Waals surface area contributed by atoms with Crippen LogP contribution < -0.4 is 4.90 Å². The Hall–Kier alpha value is -7.10. The van der Waals surface area contributed by atoms with Gasteiger partial charge in [0.1, 0.15) is 11.2 Å². The summed E-state index contributed by atoms with van der Waals surface area (Å²) in [4.78, 5) is 2.50. The molecule has 0 spiro atoms. The summed E-state index contributed by atoms with van der Waals surface area (Å²) in [6, 6.07) is 65.5. The molecule has 0 radical (unpaired) electrons. The maximum Gasteiger partial charge on any atom is 0.137 e. The molecule has 0 aliphatic heterocycles. The lowest BCUT2D eigenvalue weighted by atomic mass is 9.77. The molecule has 0 saturated carbocycles. The SMILES string of the molecule is CC1(c2ccccc2)C=CC(N(c2ccccc2-c2ccccc2)c2cc3c(c4ccccc24)c2ccccc2n3-c2ccc3c(c2)oc2ccccc23)=CC1. The smallest absolute Gasteiger partial charge is 0.137 e. The third kappa shape index (κ3) is 5.05. The first-order valence-corrected chi connectivity index (χ1v) is 19.4. The highest BCUT2D eigenvalue weighted by molar-refractivity contribution is 6.24. The number of allylic oxidation sites excluding steroid dienone is 3. The van der Waals surface area contributed by atoms with E-state index in [2.05, 4.69) is 204 Å². The number of furan rings is 1. The quantitative estimate of drug-likeness (QED) is 0.171. The van der Waals surface area contributed by atoms with Crippen LogP contribution in [0.1, 0.15) is 18.9 Å². The molecule has 1 atom stereocenters. The van der Waals surface area contributed by atoms with Gasteiger partial charge in [0.2, 0.25) is 0 Å². The summed E-state index contributed by atoms with van der Waals surface area (Å²) in [5.41, 5.74) is 12.1. The average molecular weight is 719 g/mol. The van der Waals surface area contributed by atoms with Gasteiger partial charge in [-0.05, 0) is 65.4 Å². The highest BCUT2D eigenvalue weighted by Crippen LogP contribution is 2.47. The molecule has 0 N–H and O–H groups in total. The second-order valence-corrected chi connectivity index (χ2v) is 15.1. The van der Waals surface area contributed by atoms with Crippen LogP contribution in [0.25, 0.3) is 71.3 Å². The molecule has 0 fully saturated rings. The van der Waals surface area contributed by atoms with Crippen LogP contribution >= 0.6 is 0 Å². The van der Waals surface area contributed by atoms with E-state index in [1.165, 1.54) is 38.2 Å². The van der Waals surface area contributed by atoms with E-state index in [4.69, 9.17) is 4.42 Å². The van der Waals surface area contributed by atoms with Gasteiger partial charge in [0, 0.05) is 55.4 Å². The van der Waals surface area contributed by atoms with Crippen molar-refractivity contribution < 1.29 is 4.42 Å². The zero-order valence-electron chi connectivity index (χ0n) is 31.1. The number of fused-ring (bicyclic) bond motifs is 8. The van der Waals surface area contributed by atoms with E-state index < -0.39 is 0 Å². The number of aromatic nitrogens is 1. The van der Waals surface area contributed by atoms with E-state index in [1.54, 1.807) is 0 Å². The molecule has 1 aliphatic carbocycles. The first-order chi connectivity index (χ1) is 27.6. The van der Waals surface area contributed by atoms with Crippen molar-refractivity contribution in [2.75, 3.05) is 4.90 Å². The Labute approximate surface area is 325 Å². The molecule has 0 saturated heterocycles. The standard InChI is InChI=1S/C53H38N2O/c1-53(37-18-6-3-7-19-37)32-30-38(31-33-53)54(46-25-13-10-20-40(46)36-16-4-2-5-17-36)48-35-49-52(44-23-9-8-21-41(44)48)45-24-11-14-26-47(45)55(49)39-28-29-43-42-22-12-15-27-50(42)56-51(43)34-39/h2-32,34-35H,33H2,1H3. The molecular weight excluding hydrogens is 681 g/mol. The van der Waals surface area contributed by atoms with Gasteiger partial charge in [0.25, 0.3) is 0 Å². The van der Waals surface area contributed by atoms with Crippen molar-refractivity contribution in [3.05, 3.63) is 211 Å². The molecule has 8 aromatic carbocycles. The summed E-state index contributed by atoms with van der Waals surface area (Å²) in [5.74, 6) is 0. The largest absolute Gasteiger partial charge is 0.456 e. The Kier molecular flexibility index (Phi) is 7.36. The minimum Gasteiger partial charge on any atom is -0.456 e. The Balaban J connectivity index is 1.20. The highest BCUT2D eigenvalue weighted by atomic mass is 16.3. The summed E-state index contributed by atoms with van der Waals surface area (Å²) in [7, 11) is 0. The fourth-order valence-corrected chi connectivity index (χ4v) is 8.99. The molecule has 10 aromatic rings. The van der Waals surface area contributed by atoms with E-state index in [-0.39, 0.29) is 5.41 Å². The second kappa shape index (κ2) is 12.8. The Morgan fingerprint density at radius 3 is 2.00 bits per heavy atom. The lowest BCUT2D eigenvalue weighted by Crippen LogP contribution is -2.24. The third-order valence-corrected chi connectivity index (χ3v) is 11.8. The molecule has 56 heavy (non-hydrogen) atoms. The van der Waals surface area contributed by atoms with Crippen molar-refractivity contribution in [1.29, 1.82) is 0 Å². The van der Waals surface area contributed by atoms with Gasteiger partial charge in [0.15, 0.2) is 0 Å². The lowest BCUT2D eigenvalue weighted by molar-refractivity contribution is 0.595. The molecule has 266 valence electrons. The fraction of sp³-hybridized carbons (Fsp3) is 0.0566. The monoisotopic (exact) mass is 718 g/mol. The van der Waals surface area contributed by atoms with Crippen LogP contribution in [0.3, 0.4) is 0 Å². The number of para-hydroxylation sites is 3. The van der Waals surface area contributed by atoms with E-state index in [9.17, 15) is 0 Å². The third-order valence-electron chi connectivity index (χ3n) is 11.8. The van der Waals surface area contributed by atoms with Crippen molar-refractivity contribution in [2.45, 2.75) is 18.8 Å². The number of benzene rings is 8. The molecule has 0 bridgehead atoms. The summed E-state index contributed by atoms with van der Waals surface area (Å²) < 4.78 is 8.87. The van der Waals surface area contributed by atoms with Crippen LogP contribution in [-0.2, 0) is 5.41 Å². The molecule has 0 amide bonds. The fourth-order valence-electron chi connectivity index (χ4n) is 8.99. The van der Waals surface area contributed by atoms with E-state index >= 15 is 0 Å². The maximum atomic E-state index is 6.45. The number of nitrogens with zero attached hydrogens (tertiary/aromatic N) is 2. The van der Waals surface area contributed by atoms with E-state index in [0.717, 1.165) is 62.2 Å². The topological polar surface area (TPSA) is 21.3 Å². The van der Waals surface area contributed by atoms with Gasteiger partial charge in [-0.3, -0.25) is 0 Å². The average Bonchev–Trinajstić information content (AvgIpc) is 3.80. The zero-order chi connectivity index (χ0) is 37.2. The summed E-state index contributed by atoms with van der Waals surface area (Å²) >= 11 is 0. The van der Waals surface area contributed by atoms with E-state index in [1.807, 2.05) is 12.1 Å². The van der Waals surface area contributed by atoms with Crippen molar-refractivity contribution in [1.82, 2.24) is 4.57 Å². The Bertz CT molecular complexity index is 3180. The van der Waals surface area contributed by atoms with Gasteiger partial charge >= 0.3 is 0 Å². The van der Waals surface area contributed by atoms with Crippen molar-refractivity contribution in [2.24, 2.45) is 0 Å². The van der Waals surface area contributed by atoms with Crippen LogP contribution in [0.2, 0.25) is 0 Å². The van der Waals surface area contributed by atoms with Crippen molar-refractivity contribution in [3.63, 3.8) is 0 Å². The van der Waals surface area contributed by atoms with Crippen LogP contribution in [0.4, 0.5) is 11.4 Å². The minimum absolute atomic E-state index is 0.108. The molecule has 1 aliphatic rings. The first kappa shape index (κ1) is 32.3. The maximum absolute atomic E-state index is 6.45.